The van der Waals surface area contributed by atoms with Gasteiger partial charge < -0.3 is 20.3 Å². The number of carbonyl (C=O) groups excluding carboxylic acids is 3. The quantitative estimate of drug-likeness (QED) is 0.551. The normalized spacial score (nSPS) is 19.0. The molecule has 2 fully saturated rings. The van der Waals surface area contributed by atoms with Crippen LogP contribution in [0.2, 0.25) is 0 Å². The van der Waals surface area contributed by atoms with Crippen molar-refractivity contribution in [1.82, 2.24) is 20.0 Å². The zero-order valence-corrected chi connectivity index (χ0v) is 20.8. The molecule has 2 aromatic carbocycles. The molecule has 0 aliphatic carbocycles. The van der Waals surface area contributed by atoms with E-state index in [4.69, 9.17) is 4.74 Å². The van der Waals surface area contributed by atoms with E-state index in [1.807, 2.05) is 25.1 Å². The topological polar surface area (TPSA) is 94.2 Å². The van der Waals surface area contributed by atoms with Crippen LogP contribution in [-0.4, -0.2) is 90.9 Å². The van der Waals surface area contributed by atoms with E-state index in [2.05, 4.69) is 32.6 Å². The van der Waals surface area contributed by atoms with E-state index < -0.39 is 6.04 Å². The Bertz CT molecular complexity index is 1020. The van der Waals surface area contributed by atoms with Gasteiger partial charge in [0.1, 0.15) is 11.8 Å². The minimum absolute atomic E-state index is 0.0877. The molecule has 0 saturated carbocycles. The van der Waals surface area contributed by atoms with Crippen molar-refractivity contribution in [2.45, 2.75) is 25.9 Å². The fraction of sp³-hybridized carbons (Fsp3) is 0.444. The molecular formula is C27H35N5O4. The van der Waals surface area contributed by atoms with Gasteiger partial charge in [0.15, 0.2) is 0 Å². The van der Waals surface area contributed by atoms with Crippen LogP contribution >= 0.6 is 0 Å². The first-order valence-electron chi connectivity index (χ1n) is 12.6. The van der Waals surface area contributed by atoms with Crippen LogP contribution in [0.3, 0.4) is 0 Å². The van der Waals surface area contributed by atoms with Gasteiger partial charge in [-0.3, -0.25) is 24.2 Å². The van der Waals surface area contributed by atoms with Gasteiger partial charge in [-0.1, -0.05) is 30.3 Å². The Labute approximate surface area is 212 Å². The van der Waals surface area contributed by atoms with E-state index >= 15 is 0 Å². The summed E-state index contributed by atoms with van der Waals surface area (Å²) in [5, 5.41) is 5.61. The number of hydrogen-bond acceptors (Lipinski definition) is 6. The number of carbonyl (C=O) groups is 3. The maximum Gasteiger partial charge on any atom is 0.243 e. The highest BCUT2D eigenvalue weighted by Crippen LogP contribution is 2.17. The Kier molecular flexibility index (Phi) is 8.91. The van der Waals surface area contributed by atoms with Crippen molar-refractivity contribution in [1.29, 1.82) is 0 Å². The maximum absolute atomic E-state index is 13.2. The number of nitrogens with zero attached hydrogens (tertiary/aromatic N) is 3. The predicted molar refractivity (Wildman–Crippen MR) is 138 cm³/mol. The number of hydrogen-bond donors (Lipinski definition) is 2. The van der Waals surface area contributed by atoms with Gasteiger partial charge in [-0.05, 0) is 36.8 Å². The molecule has 0 spiro atoms. The third-order valence-corrected chi connectivity index (χ3v) is 6.55. The van der Waals surface area contributed by atoms with Gasteiger partial charge in [0.2, 0.25) is 17.7 Å². The second-order valence-electron chi connectivity index (χ2n) is 9.14. The SMILES string of the molecule is CCOc1ccc(NC(=O)C[C@@H]2C(=O)NCCN2C(=O)CN2CCN(Cc3ccccc3)CC2)cc1. The van der Waals surface area contributed by atoms with Crippen LogP contribution in [0.15, 0.2) is 54.6 Å². The average molecular weight is 494 g/mol. The molecule has 0 aromatic heterocycles. The van der Waals surface area contributed by atoms with E-state index in [0.29, 0.717) is 25.4 Å². The van der Waals surface area contributed by atoms with Crippen molar-refractivity contribution < 1.29 is 19.1 Å². The number of amides is 3. The summed E-state index contributed by atoms with van der Waals surface area (Å²) >= 11 is 0. The second-order valence-corrected chi connectivity index (χ2v) is 9.14. The summed E-state index contributed by atoms with van der Waals surface area (Å²) in [4.78, 5) is 44.6. The average Bonchev–Trinajstić information content (AvgIpc) is 2.88. The van der Waals surface area contributed by atoms with Crippen LogP contribution in [0.4, 0.5) is 5.69 Å². The van der Waals surface area contributed by atoms with E-state index in [1.54, 1.807) is 29.2 Å². The lowest BCUT2D eigenvalue weighted by molar-refractivity contribution is -0.145. The summed E-state index contributed by atoms with van der Waals surface area (Å²) < 4.78 is 5.42. The smallest absolute Gasteiger partial charge is 0.243 e. The van der Waals surface area contributed by atoms with Crippen molar-refractivity contribution in [3.63, 3.8) is 0 Å². The molecular weight excluding hydrogens is 458 g/mol. The van der Waals surface area contributed by atoms with E-state index in [-0.39, 0.29) is 30.7 Å². The Balaban J connectivity index is 1.28. The Morgan fingerprint density at radius 2 is 1.67 bits per heavy atom. The molecule has 2 saturated heterocycles. The van der Waals surface area contributed by atoms with Crippen LogP contribution in [-0.2, 0) is 20.9 Å². The maximum atomic E-state index is 13.2. The standard InChI is InChI=1S/C27H35N5O4/c1-2-36-23-10-8-22(9-11-23)29-25(33)18-24-27(35)28-12-13-32(24)26(34)20-31-16-14-30(15-17-31)19-21-6-4-3-5-7-21/h3-11,24H,2,12-20H2,1H3,(H,28,35)(H,29,33)/t24-/m1/s1. The molecule has 2 aliphatic rings. The lowest BCUT2D eigenvalue weighted by Crippen LogP contribution is -2.60. The fourth-order valence-corrected chi connectivity index (χ4v) is 4.63. The molecule has 4 rings (SSSR count). The monoisotopic (exact) mass is 493 g/mol. The lowest BCUT2D eigenvalue weighted by Gasteiger charge is -2.38. The number of rotatable bonds is 9. The van der Waals surface area contributed by atoms with E-state index in [0.717, 1.165) is 38.5 Å². The van der Waals surface area contributed by atoms with Gasteiger partial charge in [0.05, 0.1) is 19.6 Å². The van der Waals surface area contributed by atoms with Crippen LogP contribution < -0.4 is 15.4 Å². The molecule has 2 aliphatic heterocycles. The second kappa shape index (κ2) is 12.5. The molecule has 9 heteroatoms. The number of piperazine rings is 2. The van der Waals surface area contributed by atoms with Crippen LogP contribution in [0, 0.1) is 0 Å². The predicted octanol–water partition coefficient (Wildman–Crippen LogP) is 1.56. The first kappa shape index (κ1) is 25.7. The summed E-state index contributed by atoms with van der Waals surface area (Å²) in [6, 6.07) is 16.6. The summed E-state index contributed by atoms with van der Waals surface area (Å²) in [7, 11) is 0. The third-order valence-electron chi connectivity index (χ3n) is 6.55. The number of anilines is 1. The van der Waals surface area contributed by atoms with Crippen molar-refractivity contribution in [3.05, 3.63) is 60.2 Å². The third kappa shape index (κ3) is 7.05. The highest BCUT2D eigenvalue weighted by atomic mass is 16.5. The van der Waals surface area contributed by atoms with Gasteiger partial charge in [-0.15, -0.1) is 0 Å². The molecule has 2 heterocycles. The number of ether oxygens (including phenoxy) is 1. The fourth-order valence-electron chi connectivity index (χ4n) is 4.63. The van der Waals surface area contributed by atoms with Gasteiger partial charge in [-0.2, -0.15) is 0 Å². The largest absolute Gasteiger partial charge is 0.494 e. The molecule has 3 amide bonds. The zero-order valence-electron chi connectivity index (χ0n) is 20.8. The van der Waals surface area contributed by atoms with E-state index in [9.17, 15) is 14.4 Å². The molecule has 1 atom stereocenters. The summed E-state index contributed by atoms with van der Waals surface area (Å²) in [6.07, 6.45) is -0.0877. The summed E-state index contributed by atoms with van der Waals surface area (Å²) in [6.45, 7) is 7.78. The van der Waals surface area contributed by atoms with E-state index in [1.165, 1.54) is 5.56 Å². The van der Waals surface area contributed by atoms with Crippen molar-refractivity contribution in [2.75, 3.05) is 57.7 Å². The lowest BCUT2D eigenvalue weighted by atomic mass is 10.1. The van der Waals surface area contributed by atoms with Crippen LogP contribution in [0.1, 0.15) is 18.9 Å². The van der Waals surface area contributed by atoms with Gasteiger partial charge in [0.25, 0.3) is 0 Å². The Morgan fingerprint density at radius 3 is 2.36 bits per heavy atom. The van der Waals surface area contributed by atoms with Gasteiger partial charge in [-0.25, -0.2) is 0 Å². The summed E-state index contributed by atoms with van der Waals surface area (Å²) in [5.41, 5.74) is 1.90. The van der Waals surface area contributed by atoms with Crippen molar-refractivity contribution in [3.8, 4) is 5.75 Å². The highest BCUT2D eigenvalue weighted by Gasteiger charge is 2.35. The van der Waals surface area contributed by atoms with Crippen molar-refractivity contribution >= 4 is 23.4 Å². The molecule has 9 nitrogen and oxygen atoms in total. The molecule has 0 radical (unpaired) electrons. The minimum Gasteiger partial charge on any atom is -0.494 e. The molecule has 2 N–H and O–H groups in total. The molecule has 2 aromatic rings. The zero-order chi connectivity index (χ0) is 25.3. The first-order chi connectivity index (χ1) is 17.5. The van der Waals surface area contributed by atoms with Crippen LogP contribution in [0.25, 0.3) is 0 Å². The first-order valence-corrected chi connectivity index (χ1v) is 12.6. The molecule has 0 bridgehead atoms. The molecule has 192 valence electrons. The van der Waals surface area contributed by atoms with Gasteiger partial charge >= 0.3 is 0 Å². The molecule has 0 unspecified atom stereocenters. The number of benzene rings is 2. The minimum atomic E-state index is -0.812. The highest BCUT2D eigenvalue weighted by molar-refractivity contribution is 5.97. The Hall–Kier alpha value is -3.43. The van der Waals surface area contributed by atoms with Crippen LogP contribution in [0.5, 0.6) is 5.75 Å². The summed E-state index contributed by atoms with van der Waals surface area (Å²) in [5.74, 6) is 0.0118. The molecule has 36 heavy (non-hydrogen) atoms. The Morgan fingerprint density at radius 1 is 0.972 bits per heavy atom. The van der Waals surface area contributed by atoms with Crippen molar-refractivity contribution in [2.24, 2.45) is 0 Å². The van der Waals surface area contributed by atoms with Gasteiger partial charge in [0, 0.05) is 51.5 Å². The number of nitrogens with one attached hydrogen (secondary N) is 2.